The Morgan fingerprint density at radius 1 is 1.11 bits per heavy atom. The van der Waals surface area contributed by atoms with Crippen LogP contribution < -0.4 is 5.32 Å². The highest BCUT2D eigenvalue weighted by Crippen LogP contribution is 2.08. The van der Waals surface area contributed by atoms with Crippen molar-refractivity contribution >= 4 is 11.8 Å². The molecule has 0 aliphatic carbocycles. The van der Waals surface area contributed by atoms with Crippen LogP contribution in [0, 0.1) is 5.82 Å². The Morgan fingerprint density at radius 2 is 1.71 bits per heavy atom. The molecule has 1 unspecified atom stereocenters. The lowest BCUT2D eigenvalue weighted by atomic mass is 10.1. The van der Waals surface area contributed by atoms with Crippen LogP contribution in [0.4, 0.5) is 4.39 Å². The third kappa shape index (κ3) is 6.56. The lowest BCUT2D eigenvalue weighted by Gasteiger charge is -2.37. The van der Waals surface area contributed by atoms with Crippen molar-refractivity contribution in [3.8, 4) is 0 Å². The van der Waals surface area contributed by atoms with E-state index < -0.39 is 0 Å². The Hall–Kier alpha value is -1.99. The summed E-state index contributed by atoms with van der Waals surface area (Å²) in [6.07, 6.45) is 0.681. The average molecular weight is 393 g/mol. The van der Waals surface area contributed by atoms with Crippen molar-refractivity contribution in [3.63, 3.8) is 0 Å². The van der Waals surface area contributed by atoms with Gasteiger partial charge in [0, 0.05) is 45.8 Å². The number of likely N-dealkylation sites (N-methyl/N-ethyl adjacent to an activating group) is 1. The number of carbonyl (C=O) groups is 2. The van der Waals surface area contributed by atoms with Gasteiger partial charge in [-0.1, -0.05) is 12.1 Å². The first kappa shape index (κ1) is 22.3. The van der Waals surface area contributed by atoms with Gasteiger partial charge in [-0.25, -0.2) is 4.39 Å². The molecule has 156 valence electrons. The molecule has 0 bridgehead atoms. The molecule has 0 radical (unpaired) electrons. The number of benzene rings is 1. The maximum atomic E-state index is 12.9. The van der Waals surface area contributed by atoms with Gasteiger partial charge in [-0.15, -0.1) is 0 Å². The number of nitrogens with zero attached hydrogens (tertiary/aromatic N) is 3. The minimum absolute atomic E-state index is 0.00905. The molecule has 1 N–H and O–H groups in total. The van der Waals surface area contributed by atoms with Crippen molar-refractivity contribution < 1.29 is 14.0 Å². The maximum absolute atomic E-state index is 12.9. The number of halogens is 1. The van der Waals surface area contributed by atoms with Gasteiger partial charge < -0.3 is 10.2 Å². The summed E-state index contributed by atoms with van der Waals surface area (Å²) >= 11 is 0. The molecule has 1 saturated heterocycles. The highest BCUT2D eigenvalue weighted by atomic mass is 19.1. The smallest absolute Gasteiger partial charge is 0.237 e. The van der Waals surface area contributed by atoms with Gasteiger partial charge in [0.05, 0.1) is 12.6 Å². The lowest BCUT2D eigenvalue weighted by Crippen LogP contribution is -2.55. The molecule has 2 rings (SSSR count). The van der Waals surface area contributed by atoms with Crippen LogP contribution in [0.3, 0.4) is 0 Å². The summed E-state index contributed by atoms with van der Waals surface area (Å²) in [7, 11) is 0. The Bertz CT molecular complexity index is 626. The van der Waals surface area contributed by atoms with Crippen LogP contribution in [0.1, 0.15) is 26.3 Å². The second-order valence-electron chi connectivity index (χ2n) is 7.22. The van der Waals surface area contributed by atoms with Crippen molar-refractivity contribution in [1.29, 1.82) is 0 Å². The number of hydrogen-bond donors (Lipinski definition) is 1. The van der Waals surface area contributed by atoms with E-state index in [0.717, 1.165) is 44.8 Å². The zero-order valence-corrected chi connectivity index (χ0v) is 17.3. The summed E-state index contributed by atoms with van der Waals surface area (Å²) in [6.45, 7) is 11.5. The summed E-state index contributed by atoms with van der Waals surface area (Å²) in [6, 6.07) is 6.15. The van der Waals surface area contributed by atoms with Crippen LogP contribution in [0.5, 0.6) is 0 Å². The molecule has 2 amide bonds. The first-order valence-electron chi connectivity index (χ1n) is 10.2. The largest absolute Gasteiger partial charge is 0.354 e. The molecule has 1 aromatic carbocycles. The predicted molar refractivity (Wildman–Crippen MR) is 109 cm³/mol. The Balaban J connectivity index is 1.70. The lowest BCUT2D eigenvalue weighted by molar-refractivity contribution is -0.133. The van der Waals surface area contributed by atoms with E-state index in [1.807, 2.05) is 25.7 Å². The number of piperazine rings is 1. The van der Waals surface area contributed by atoms with Crippen LogP contribution in [-0.2, 0) is 16.0 Å². The third-order valence-electron chi connectivity index (χ3n) is 5.44. The monoisotopic (exact) mass is 392 g/mol. The zero-order valence-electron chi connectivity index (χ0n) is 17.3. The standard InChI is InChI=1S/C21H33FN4O2/c1-4-25(5-2)20(27)16-24-12-14-26(15-13-24)17(3)21(28)23-11-10-18-6-8-19(22)9-7-18/h6-9,17H,4-5,10-16H2,1-3H3,(H,23,28). The first-order chi connectivity index (χ1) is 13.4. The second-order valence-corrected chi connectivity index (χ2v) is 7.22. The zero-order chi connectivity index (χ0) is 20.5. The molecule has 1 aliphatic heterocycles. The van der Waals surface area contributed by atoms with Crippen LogP contribution in [0.15, 0.2) is 24.3 Å². The number of amides is 2. The fraction of sp³-hybridized carbons (Fsp3) is 0.619. The predicted octanol–water partition coefficient (Wildman–Crippen LogP) is 1.36. The molecule has 1 aliphatic rings. The van der Waals surface area contributed by atoms with E-state index in [-0.39, 0.29) is 23.7 Å². The quantitative estimate of drug-likeness (QED) is 0.690. The normalized spacial score (nSPS) is 16.6. The Kier molecular flexibility index (Phi) is 8.86. The fourth-order valence-electron chi connectivity index (χ4n) is 3.47. The molecule has 1 fully saturated rings. The van der Waals surface area contributed by atoms with E-state index in [0.29, 0.717) is 19.5 Å². The summed E-state index contributed by atoms with van der Waals surface area (Å²) in [5.41, 5.74) is 1.00. The molecular formula is C21H33FN4O2. The van der Waals surface area contributed by atoms with Gasteiger partial charge in [-0.05, 0) is 44.9 Å². The number of hydrogen-bond acceptors (Lipinski definition) is 4. The van der Waals surface area contributed by atoms with Crippen LogP contribution >= 0.6 is 0 Å². The van der Waals surface area contributed by atoms with Gasteiger partial charge in [0.15, 0.2) is 0 Å². The van der Waals surface area contributed by atoms with Gasteiger partial charge in [0.1, 0.15) is 5.82 Å². The summed E-state index contributed by atoms with van der Waals surface area (Å²) in [5.74, 6) is -0.0702. The summed E-state index contributed by atoms with van der Waals surface area (Å²) in [5, 5.41) is 2.97. The van der Waals surface area contributed by atoms with E-state index in [2.05, 4.69) is 15.1 Å². The van der Waals surface area contributed by atoms with Crippen molar-refractivity contribution in [2.24, 2.45) is 0 Å². The molecule has 7 heteroatoms. The van der Waals surface area contributed by atoms with Crippen molar-refractivity contribution in [1.82, 2.24) is 20.0 Å². The minimum Gasteiger partial charge on any atom is -0.354 e. The average Bonchev–Trinajstić information content (AvgIpc) is 2.70. The highest BCUT2D eigenvalue weighted by molar-refractivity contribution is 5.81. The molecule has 0 aromatic heterocycles. The first-order valence-corrected chi connectivity index (χ1v) is 10.2. The Labute approximate surface area is 167 Å². The molecule has 1 aromatic rings. The molecule has 6 nitrogen and oxygen atoms in total. The van der Waals surface area contributed by atoms with Crippen LogP contribution in [-0.4, -0.2) is 84.9 Å². The van der Waals surface area contributed by atoms with Gasteiger partial charge in [0.2, 0.25) is 11.8 Å². The number of carbonyl (C=O) groups excluding carboxylic acids is 2. The molecule has 1 atom stereocenters. The third-order valence-corrected chi connectivity index (χ3v) is 5.44. The summed E-state index contributed by atoms with van der Waals surface area (Å²) in [4.78, 5) is 30.8. The van der Waals surface area contributed by atoms with E-state index in [9.17, 15) is 14.0 Å². The molecule has 1 heterocycles. The summed E-state index contributed by atoms with van der Waals surface area (Å²) < 4.78 is 12.9. The van der Waals surface area contributed by atoms with Gasteiger partial charge in [-0.2, -0.15) is 0 Å². The minimum atomic E-state index is -0.251. The molecule has 28 heavy (non-hydrogen) atoms. The van der Waals surface area contributed by atoms with E-state index in [1.165, 1.54) is 12.1 Å². The van der Waals surface area contributed by atoms with Crippen LogP contribution in [0.25, 0.3) is 0 Å². The van der Waals surface area contributed by atoms with Gasteiger partial charge in [-0.3, -0.25) is 19.4 Å². The Morgan fingerprint density at radius 3 is 2.29 bits per heavy atom. The van der Waals surface area contributed by atoms with Gasteiger partial charge in [0.25, 0.3) is 0 Å². The molecule has 0 spiro atoms. The highest BCUT2D eigenvalue weighted by Gasteiger charge is 2.26. The van der Waals surface area contributed by atoms with E-state index >= 15 is 0 Å². The van der Waals surface area contributed by atoms with Crippen LogP contribution in [0.2, 0.25) is 0 Å². The van der Waals surface area contributed by atoms with E-state index in [4.69, 9.17) is 0 Å². The fourth-order valence-corrected chi connectivity index (χ4v) is 3.47. The topological polar surface area (TPSA) is 55.9 Å². The number of nitrogens with one attached hydrogen (secondary N) is 1. The van der Waals surface area contributed by atoms with E-state index in [1.54, 1.807) is 12.1 Å². The SMILES string of the molecule is CCN(CC)C(=O)CN1CCN(C(C)C(=O)NCCc2ccc(F)cc2)CC1. The van der Waals surface area contributed by atoms with Crippen molar-refractivity contribution in [2.45, 2.75) is 33.2 Å². The molecular weight excluding hydrogens is 359 g/mol. The maximum Gasteiger partial charge on any atom is 0.237 e. The molecule has 0 saturated carbocycles. The number of rotatable bonds is 9. The van der Waals surface area contributed by atoms with Gasteiger partial charge >= 0.3 is 0 Å². The second kappa shape index (κ2) is 11.1. The van der Waals surface area contributed by atoms with Crippen molar-refractivity contribution in [3.05, 3.63) is 35.6 Å². The van der Waals surface area contributed by atoms with Crippen molar-refractivity contribution in [2.75, 3.05) is 52.4 Å².